The van der Waals surface area contributed by atoms with Crippen molar-refractivity contribution in [2.24, 2.45) is 0 Å². The number of hydrogen-bond donors (Lipinski definition) is 1. The van der Waals surface area contributed by atoms with Crippen LogP contribution < -0.4 is 14.9 Å². The molecule has 1 N–H and O–H groups in total. The summed E-state index contributed by atoms with van der Waals surface area (Å²) in [5.41, 5.74) is 3.88. The van der Waals surface area contributed by atoms with Gasteiger partial charge in [-0.1, -0.05) is 48.5 Å². The fourth-order valence-corrected chi connectivity index (χ4v) is 4.24. The summed E-state index contributed by atoms with van der Waals surface area (Å²) in [5.74, 6) is 0.955. The second kappa shape index (κ2) is 10.1. The first-order valence-corrected chi connectivity index (χ1v) is 11.7. The van der Waals surface area contributed by atoms with Crippen LogP contribution in [-0.4, -0.2) is 21.8 Å². The van der Waals surface area contributed by atoms with E-state index in [9.17, 15) is 9.90 Å². The number of methoxy groups -OCH3 is 1. The van der Waals surface area contributed by atoms with Crippen LogP contribution in [0.4, 0.5) is 0 Å². The van der Waals surface area contributed by atoms with Gasteiger partial charge >= 0.3 is 0 Å². The first-order valence-electron chi connectivity index (χ1n) is 11.7. The minimum Gasteiger partial charge on any atom is -0.497 e. The Balaban J connectivity index is 1.53. The van der Waals surface area contributed by atoms with Crippen molar-refractivity contribution < 1.29 is 14.6 Å². The van der Waals surface area contributed by atoms with Crippen molar-refractivity contribution in [3.8, 4) is 28.3 Å². The number of pyridine rings is 2. The lowest BCUT2D eigenvalue weighted by Crippen LogP contribution is -2.16. The Labute approximate surface area is 209 Å². The predicted octanol–water partition coefficient (Wildman–Crippen LogP) is 5.69. The molecule has 0 aliphatic rings. The molecule has 0 radical (unpaired) electrons. The molecule has 0 saturated heterocycles. The molecule has 0 fully saturated rings. The lowest BCUT2D eigenvalue weighted by atomic mass is 10.0. The number of aliphatic hydroxyl groups excluding tert-OH is 1. The third-order valence-corrected chi connectivity index (χ3v) is 6.13. The van der Waals surface area contributed by atoms with Crippen LogP contribution in [0, 0.1) is 0 Å². The van der Waals surface area contributed by atoms with Crippen molar-refractivity contribution in [2.45, 2.75) is 19.6 Å². The predicted molar refractivity (Wildman–Crippen MR) is 141 cm³/mol. The van der Waals surface area contributed by atoms with E-state index in [0.29, 0.717) is 5.69 Å². The smallest absolute Gasteiger partial charge is 0.223 e. The Morgan fingerprint density at radius 3 is 2.56 bits per heavy atom. The Bertz CT molecular complexity index is 1570. The molecule has 0 amide bonds. The fraction of sp³-hybridized carbons (Fsp3) is 0.133. The molecule has 3 aromatic carbocycles. The van der Waals surface area contributed by atoms with E-state index >= 15 is 0 Å². The van der Waals surface area contributed by atoms with E-state index in [4.69, 9.17) is 9.47 Å². The Morgan fingerprint density at radius 2 is 1.78 bits per heavy atom. The van der Waals surface area contributed by atoms with Crippen LogP contribution in [0.1, 0.15) is 24.3 Å². The summed E-state index contributed by atoms with van der Waals surface area (Å²) in [5, 5.41) is 12.6. The normalized spacial score (nSPS) is 11.9. The zero-order chi connectivity index (χ0) is 25.1. The molecule has 2 heterocycles. The first-order chi connectivity index (χ1) is 17.5. The Kier molecular flexibility index (Phi) is 6.52. The molecule has 0 bridgehead atoms. The van der Waals surface area contributed by atoms with Gasteiger partial charge in [0.1, 0.15) is 12.4 Å². The van der Waals surface area contributed by atoms with E-state index in [1.165, 1.54) is 6.07 Å². The number of ether oxygens (including phenoxy) is 2. The lowest BCUT2D eigenvalue weighted by Gasteiger charge is -2.18. The summed E-state index contributed by atoms with van der Waals surface area (Å²) in [4.78, 5) is 17.2. The maximum atomic E-state index is 12.8. The third kappa shape index (κ3) is 4.72. The number of nitrogens with zero attached hydrogens (tertiary/aromatic N) is 2. The number of aromatic nitrogens is 2. The molecule has 1 unspecified atom stereocenters. The summed E-state index contributed by atoms with van der Waals surface area (Å²) in [6, 6.07) is 25.0. The van der Waals surface area contributed by atoms with Crippen LogP contribution in [0.2, 0.25) is 0 Å². The van der Waals surface area contributed by atoms with Gasteiger partial charge in [-0.25, -0.2) is 0 Å². The van der Waals surface area contributed by atoms with Crippen molar-refractivity contribution in [1.82, 2.24) is 9.55 Å². The zero-order valence-corrected chi connectivity index (χ0v) is 20.1. The van der Waals surface area contributed by atoms with Gasteiger partial charge in [-0.05, 0) is 47.7 Å². The summed E-state index contributed by atoms with van der Waals surface area (Å²) >= 11 is 0. The molecule has 1 atom stereocenters. The molecule has 6 heteroatoms. The van der Waals surface area contributed by atoms with Crippen LogP contribution in [0.5, 0.6) is 11.5 Å². The van der Waals surface area contributed by atoms with E-state index in [2.05, 4.69) is 11.1 Å². The molecule has 36 heavy (non-hydrogen) atoms. The molecule has 2 aromatic heterocycles. The highest BCUT2D eigenvalue weighted by Crippen LogP contribution is 2.30. The van der Waals surface area contributed by atoms with Gasteiger partial charge in [0.05, 0.1) is 25.1 Å². The maximum Gasteiger partial charge on any atom is 0.223 e. The Hall–Kier alpha value is -4.42. The average Bonchev–Trinajstić information content (AvgIpc) is 2.92. The van der Waals surface area contributed by atoms with E-state index < -0.39 is 6.10 Å². The van der Waals surface area contributed by atoms with Gasteiger partial charge in [-0.3, -0.25) is 9.78 Å². The van der Waals surface area contributed by atoms with Gasteiger partial charge in [0.2, 0.25) is 5.43 Å². The molecular weight excluding hydrogens is 452 g/mol. The van der Waals surface area contributed by atoms with Crippen LogP contribution in [0.25, 0.3) is 27.6 Å². The van der Waals surface area contributed by atoms with Gasteiger partial charge in [0.15, 0.2) is 5.75 Å². The van der Waals surface area contributed by atoms with Crippen molar-refractivity contribution in [3.05, 3.63) is 119 Å². The number of benzene rings is 3. The van der Waals surface area contributed by atoms with Crippen molar-refractivity contribution in [3.63, 3.8) is 0 Å². The quantitative estimate of drug-likeness (QED) is 0.325. The lowest BCUT2D eigenvalue weighted by molar-refractivity contribution is 0.191. The second-order valence-electron chi connectivity index (χ2n) is 8.57. The highest BCUT2D eigenvalue weighted by atomic mass is 16.5. The van der Waals surface area contributed by atoms with Gasteiger partial charge in [0, 0.05) is 35.1 Å². The van der Waals surface area contributed by atoms with E-state index in [-0.39, 0.29) is 17.8 Å². The fourth-order valence-electron chi connectivity index (χ4n) is 4.24. The van der Waals surface area contributed by atoms with Crippen LogP contribution in [0.3, 0.4) is 0 Å². The number of rotatable bonds is 7. The maximum absolute atomic E-state index is 12.8. The standard InChI is InChI=1S/C30H26N2O4/c1-20(33)28-15-29(34)30(36-19-21-10-12-25(35-2)13-11-21)18-32(28)24-8-5-7-22(14-24)27-17-31-16-23-6-3-4-9-26(23)27/h3-18,20,33H,19H2,1-2H3. The van der Waals surface area contributed by atoms with Crippen molar-refractivity contribution in [1.29, 1.82) is 0 Å². The molecule has 0 aliphatic heterocycles. The van der Waals surface area contributed by atoms with E-state index in [1.54, 1.807) is 24.8 Å². The average molecular weight is 479 g/mol. The largest absolute Gasteiger partial charge is 0.497 e. The van der Waals surface area contributed by atoms with Gasteiger partial charge in [-0.15, -0.1) is 0 Å². The first kappa shape index (κ1) is 23.3. The number of hydrogen-bond acceptors (Lipinski definition) is 5. The molecule has 0 aliphatic carbocycles. The van der Waals surface area contributed by atoms with Gasteiger partial charge in [-0.2, -0.15) is 0 Å². The number of aliphatic hydroxyl groups is 1. The van der Waals surface area contributed by atoms with E-state index in [1.807, 2.05) is 79.1 Å². The molecule has 0 saturated carbocycles. The van der Waals surface area contributed by atoms with E-state index in [0.717, 1.165) is 38.9 Å². The zero-order valence-electron chi connectivity index (χ0n) is 20.1. The summed E-state index contributed by atoms with van der Waals surface area (Å²) in [6.45, 7) is 1.87. The SMILES string of the molecule is COc1ccc(COc2cn(-c3cccc(-c4cncc5ccccc45)c3)c(C(C)O)cc2=O)cc1. The highest BCUT2D eigenvalue weighted by Gasteiger charge is 2.15. The summed E-state index contributed by atoms with van der Waals surface area (Å²) in [7, 11) is 1.61. The third-order valence-electron chi connectivity index (χ3n) is 6.13. The van der Waals surface area contributed by atoms with Crippen molar-refractivity contribution in [2.75, 3.05) is 7.11 Å². The van der Waals surface area contributed by atoms with Gasteiger partial charge < -0.3 is 19.1 Å². The molecular formula is C30H26N2O4. The van der Waals surface area contributed by atoms with Crippen LogP contribution >= 0.6 is 0 Å². The molecule has 5 rings (SSSR count). The molecule has 0 spiro atoms. The summed E-state index contributed by atoms with van der Waals surface area (Å²) < 4.78 is 12.9. The summed E-state index contributed by atoms with van der Waals surface area (Å²) in [6.07, 6.45) is 4.50. The Morgan fingerprint density at radius 1 is 0.972 bits per heavy atom. The molecule has 180 valence electrons. The second-order valence-corrected chi connectivity index (χ2v) is 8.57. The molecule has 5 aromatic rings. The van der Waals surface area contributed by atoms with Gasteiger partial charge in [0.25, 0.3) is 0 Å². The minimum absolute atomic E-state index is 0.201. The van der Waals surface area contributed by atoms with Crippen LogP contribution in [0.15, 0.2) is 102 Å². The number of fused-ring (bicyclic) bond motifs is 1. The minimum atomic E-state index is -0.851. The topological polar surface area (TPSA) is 73.6 Å². The monoisotopic (exact) mass is 478 g/mol. The van der Waals surface area contributed by atoms with Crippen molar-refractivity contribution >= 4 is 10.8 Å². The van der Waals surface area contributed by atoms with Crippen LogP contribution in [-0.2, 0) is 6.61 Å². The molecule has 6 nitrogen and oxygen atoms in total. The highest BCUT2D eigenvalue weighted by molar-refractivity contribution is 5.95.